The minimum absolute atomic E-state index is 0.139. The maximum absolute atomic E-state index is 13.1. The lowest BCUT2D eigenvalue weighted by Crippen LogP contribution is -2.27. The molecule has 4 nitrogen and oxygen atoms in total. The Morgan fingerprint density at radius 2 is 2.00 bits per heavy atom. The molecular weight excluding hydrogens is 348 g/mol. The molecule has 0 saturated carbocycles. The quantitative estimate of drug-likeness (QED) is 0.638. The smallest absolute Gasteiger partial charge is 0.274 e. The van der Waals surface area contributed by atoms with E-state index in [1.54, 1.807) is 6.26 Å². The van der Waals surface area contributed by atoms with E-state index in [0.29, 0.717) is 22.8 Å². The van der Waals surface area contributed by atoms with Gasteiger partial charge in [-0.05, 0) is 48.9 Å². The van der Waals surface area contributed by atoms with E-state index in [9.17, 15) is 4.79 Å². The van der Waals surface area contributed by atoms with Crippen LogP contribution in [0.3, 0.4) is 0 Å². The minimum atomic E-state index is -0.221. The number of carbonyl (C=O) groups excluding carboxylic acids is 1. The Kier molecular flexibility index (Phi) is 4.35. The molecule has 0 spiro atoms. The van der Waals surface area contributed by atoms with Crippen LogP contribution < -0.4 is 0 Å². The number of hydrazone groups is 1. The fourth-order valence-electron chi connectivity index (χ4n) is 3.17. The maximum atomic E-state index is 13.1. The third-order valence-electron chi connectivity index (χ3n) is 4.42. The van der Waals surface area contributed by atoms with E-state index in [-0.39, 0.29) is 11.9 Å². The van der Waals surface area contributed by atoms with Gasteiger partial charge in [-0.15, -0.1) is 0 Å². The number of aryl methyl sites for hydroxylation is 1. The largest absolute Gasteiger partial charge is 0.463 e. The number of halogens is 1. The van der Waals surface area contributed by atoms with Gasteiger partial charge in [0.25, 0.3) is 5.91 Å². The average Bonchev–Trinajstić information content (AvgIpc) is 3.30. The number of carbonyl (C=O) groups is 1. The maximum Gasteiger partial charge on any atom is 0.274 e. The van der Waals surface area contributed by atoms with Crippen molar-refractivity contribution in [2.45, 2.75) is 19.4 Å². The van der Waals surface area contributed by atoms with E-state index in [4.69, 9.17) is 16.0 Å². The highest BCUT2D eigenvalue weighted by Crippen LogP contribution is 2.35. The number of furan rings is 1. The zero-order valence-electron chi connectivity index (χ0n) is 14.2. The molecular formula is C21H17ClN2O2. The summed E-state index contributed by atoms with van der Waals surface area (Å²) < 4.78 is 5.48. The third-order valence-corrected chi connectivity index (χ3v) is 4.66. The van der Waals surface area contributed by atoms with Crippen LogP contribution in [0.25, 0.3) is 0 Å². The number of nitrogens with zero attached hydrogens (tertiary/aromatic N) is 2. The average molecular weight is 365 g/mol. The first-order valence-electron chi connectivity index (χ1n) is 8.39. The minimum Gasteiger partial charge on any atom is -0.463 e. The number of hydrogen-bond donors (Lipinski definition) is 0. The van der Waals surface area contributed by atoms with Gasteiger partial charge in [0.05, 0.1) is 12.3 Å². The predicted molar refractivity (Wildman–Crippen MR) is 101 cm³/mol. The summed E-state index contributed by atoms with van der Waals surface area (Å²) in [6.07, 6.45) is 2.18. The zero-order chi connectivity index (χ0) is 18.1. The van der Waals surface area contributed by atoms with Gasteiger partial charge in [-0.25, -0.2) is 5.01 Å². The van der Waals surface area contributed by atoms with Gasteiger partial charge in [0.15, 0.2) is 0 Å². The highest BCUT2D eigenvalue weighted by molar-refractivity contribution is 6.30. The molecule has 4 rings (SSSR count). The Hall–Kier alpha value is -2.85. The van der Waals surface area contributed by atoms with Gasteiger partial charge in [0, 0.05) is 17.0 Å². The monoisotopic (exact) mass is 364 g/mol. The molecule has 1 aliphatic heterocycles. The Morgan fingerprint density at radius 1 is 1.15 bits per heavy atom. The summed E-state index contributed by atoms with van der Waals surface area (Å²) in [6, 6.07) is 18.5. The molecule has 26 heavy (non-hydrogen) atoms. The van der Waals surface area contributed by atoms with Crippen LogP contribution in [0, 0.1) is 6.92 Å². The number of rotatable bonds is 3. The first-order valence-corrected chi connectivity index (χ1v) is 8.76. The van der Waals surface area contributed by atoms with E-state index in [0.717, 1.165) is 16.8 Å². The summed E-state index contributed by atoms with van der Waals surface area (Å²) in [7, 11) is 0. The molecule has 2 aromatic carbocycles. The molecule has 3 aromatic rings. The molecule has 2 heterocycles. The Morgan fingerprint density at radius 3 is 2.73 bits per heavy atom. The molecule has 0 unspecified atom stereocenters. The number of benzene rings is 2. The number of amides is 1. The summed E-state index contributed by atoms with van der Waals surface area (Å²) in [5.41, 5.74) is 3.34. The van der Waals surface area contributed by atoms with Crippen molar-refractivity contribution in [1.82, 2.24) is 5.01 Å². The molecule has 0 saturated heterocycles. The van der Waals surface area contributed by atoms with Crippen LogP contribution in [0.15, 0.2) is 76.4 Å². The topological polar surface area (TPSA) is 45.8 Å². The van der Waals surface area contributed by atoms with Crippen molar-refractivity contribution in [3.05, 3.63) is 94.4 Å². The highest BCUT2D eigenvalue weighted by Gasteiger charge is 2.34. The molecule has 1 aliphatic rings. The van der Waals surface area contributed by atoms with Crippen molar-refractivity contribution in [1.29, 1.82) is 0 Å². The number of hydrogen-bond acceptors (Lipinski definition) is 3. The first-order chi connectivity index (χ1) is 12.6. The van der Waals surface area contributed by atoms with Crippen molar-refractivity contribution in [3.8, 4) is 0 Å². The predicted octanol–water partition coefficient (Wildman–Crippen LogP) is 5.23. The van der Waals surface area contributed by atoms with Crippen LogP contribution in [-0.2, 0) is 0 Å². The summed E-state index contributed by atoms with van der Waals surface area (Å²) in [5.74, 6) is 0.539. The summed E-state index contributed by atoms with van der Waals surface area (Å²) in [4.78, 5) is 13.1. The van der Waals surface area contributed by atoms with Crippen molar-refractivity contribution < 1.29 is 9.21 Å². The van der Waals surface area contributed by atoms with E-state index in [1.807, 2.05) is 67.6 Å². The molecule has 1 atom stereocenters. The fraction of sp³-hybridized carbons (Fsp3) is 0.143. The second-order valence-corrected chi connectivity index (χ2v) is 6.75. The van der Waals surface area contributed by atoms with Gasteiger partial charge in [-0.3, -0.25) is 4.79 Å². The Balaban J connectivity index is 1.74. The lowest BCUT2D eigenvalue weighted by atomic mass is 10.0. The SMILES string of the molecule is Cc1cccc(C(=O)N2N=C(c3ccco3)C[C@@H]2c2cccc(Cl)c2)c1. The van der Waals surface area contributed by atoms with Crippen LogP contribution in [0.1, 0.15) is 39.7 Å². The van der Waals surface area contributed by atoms with E-state index in [1.165, 1.54) is 5.01 Å². The lowest BCUT2D eigenvalue weighted by Gasteiger charge is -2.22. The van der Waals surface area contributed by atoms with E-state index in [2.05, 4.69) is 5.10 Å². The van der Waals surface area contributed by atoms with Crippen molar-refractivity contribution in [3.63, 3.8) is 0 Å². The van der Waals surface area contributed by atoms with Gasteiger partial charge in [0.2, 0.25) is 0 Å². The van der Waals surface area contributed by atoms with E-state index < -0.39 is 0 Å². The molecule has 5 heteroatoms. The van der Waals surface area contributed by atoms with Gasteiger partial charge >= 0.3 is 0 Å². The van der Waals surface area contributed by atoms with Crippen LogP contribution in [0.2, 0.25) is 5.02 Å². The second kappa shape index (κ2) is 6.81. The standard InChI is InChI=1S/C21H17ClN2O2/c1-14-5-2-7-16(11-14)21(25)24-19(15-6-3-8-17(22)12-15)13-18(23-24)20-9-4-10-26-20/h2-12,19H,13H2,1H3/t19-/m1/s1. The first kappa shape index (κ1) is 16.6. The second-order valence-electron chi connectivity index (χ2n) is 6.32. The van der Waals surface area contributed by atoms with Crippen LogP contribution in [-0.4, -0.2) is 16.6 Å². The summed E-state index contributed by atoms with van der Waals surface area (Å²) >= 11 is 6.16. The molecule has 130 valence electrons. The van der Waals surface area contributed by atoms with Crippen molar-refractivity contribution >= 4 is 23.2 Å². The molecule has 0 radical (unpaired) electrons. The van der Waals surface area contributed by atoms with Gasteiger partial charge < -0.3 is 4.42 Å². The molecule has 0 bridgehead atoms. The Bertz CT molecular complexity index is 979. The highest BCUT2D eigenvalue weighted by atomic mass is 35.5. The normalized spacial score (nSPS) is 16.6. The third kappa shape index (κ3) is 3.16. The Labute approximate surface area is 156 Å². The molecule has 0 fully saturated rings. The summed E-state index contributed by atoms with van der Waals surface area (Å²) in [6.45, 7) is 1.97. The molecule has 0 aliphatic carbocycles. The zero-order valence-corrected chi connectivity index (χ0v) is 15.0. The van der Waals surface area contributed by atoms with Gasteiger partial charge in [-0.1, -0.05) is 41.4 Å². The van der Waals surface area contributed by atoms with Crippen LogP contribution >= 0.6 is 11.6 Å². The van der Waals surface area contributed by atoms with Crippen molar-refractivity contribution in [2.75, 3.05) is 0 Å². The van der Waals surface area contributed by atoms with E-state index >= 15 is 0 Å². The summed E-state index contributed by atoms with van der Waals surface area (Å²) in [5, 5.41) is 6.76. The fourth-order valence-corrected chi connectivity index (χ4v) is 3.37. The molecule has 0 N–H and O–H groups in total. The molecule has 1 aromatic heterocycles. The van der Waals surface area contributed by atoms with Crippen LogP contribution in [0.4, 0.5) is 0 Å². The van der Waals surface area contributed by atoms with Gasteiger partial charge in [-0.2, -0.15) is 5.10 Å². The lowest BCUT2D eigenvalue weighted by molar-refractivity contribution is 0.0711. The van der Waals surface area contributed by atoms with Crippen LogP contribution in [0.5, 0.6) is 0 Å². The van der Waals surface area contributed by atoms with Crippen molar-refractivity contribution in [2.24, 2.45) is 5.10 Å². The molecule has 1 amide bonds. The van der Waals surface area contributed by atoms with Gasteiger partial charge in [0.1, 0.15) is 11.5 Å².